The van der Waals surface area contributed by atoms with E-state index in [9.17, 15) is 0 Å². The van der Waals surface area contributed by atoms with Crippen LogP contribution in [0.2, 0.25) is 0 Å². The van der Waals surface area contributed by atoms with Crippen LogP contribution < -0.4 is 15.0 Å². The lowest BCUT2D eigenvalue weighted by Crippen LogP contribution is -2.23. The average molecular weight is 363 g/mol. The minimum Gasteiger partial charge on any atom is -0.491 e. The van der Waals surface area contributed by atoms with Crippen LogP contribution in [0.3, 0.4) is 0 Å². The van der Waals surface area contributed by atoms with Crippen molar-refractivity contribution in [1.82, 2.24) is 15.2 Å². The third-order valence-electron chi connectivity index (χ3n) is 3.95. The van der Waals surface area contributed by atoms with Crippen LogP contribution in [0.1, 0.15) is 26.3 Å². The number of aromatic nitrogens is 3. The molecule has 0 fully saturated rings. The van der Waals surface area contributed by atoms with Crippen molar-refractivity contribution in [1.29, 1.82) is 0 Å². The summed E-state index contributed by atoms with van der Waals surface area (Å²) in [6.07, 6.45) is 1.84. The molecule has 0 amide bonds. The molecule has 0 saturated heterocycles. The molecule has 140 valence electrons. The highest BCUT2D eigenvalue weighted by atomic mass is 16.5. The lowest BCUT2D eigenvalue weighted by molar-refractivity contribution is 0.242. The van der Waals surface area contributed by atoms with E-state index in [0.29, 0.717) is 5.95 Å². The van der Waals surface area contributed by atoms with E-state index < -0.39 is 0 Å². The molecule has 0 atom stereocenters. The molecule has 1 aromatic heterocycles. The fourth-order valence-electron chi connectivity index (χ4n) is 2.68. The highest BCUT2D eigenvalue weighted by Gasteiger charge is 2.09. The zero-order valence-electron chi connectivity index (χ0n) is 16.0. The van der Waals surface area contributed by atoms with Gasteiger partial charge in [-0.1, -0.05) is 30.3 Å². The normalized spacial score (nSPS) is 10.7. The number of anilines is 3. The van der Waals surface area contributed by atoms with Gasteiger partial charge in [-0.3, -0.25) is 0 Å². The number of hydrogen-bond acceptors (Lipinski definition) is 6. The van der Waals surface area contributed by atoms with Crippen molar-refractivity contribution in [2.24, 2.45) is 0 Å². The van der Waals surface area contributed by atoms with Crippen LogP contribution >= 0.6 is 0 Å². The van der Waals surface area contributed by atoms with Crippen molar-refractivity contribution in [3.05, 3.63) is 66.4 Å². The lowest BCUT2D eigenvalue weighted by Gasteiger charge is -2.21. The molecule has 0 bridgehead atoms. The number of benzene rings is 2. The Labute approximate surface area is 160 Å². The molecule has 0 unspecified atom stereocenters. The second-order valence-electron chi connectivity index (χ2n) is 6.45. The molecule has 0 aliphatic heterocycles. The van der Waals surface area contributed by atoms with Gasteiger partial charge in [0.1, 0.15) is 5.75 Å². The van der Waals surface area contributed by atoms with Gasteiger partial charge in [0.2, 0.25) is 5.95 Å². The molecule has 0 radical (unpaired) electrons. The summed E-state index contributed by atoms with van der Waals surface area (Å²) < 4.78 is 5.66. The Kier molecular flexibility index (Phi) is 6.20. The predicted molar refractivity (Wildman–Crippen MR) is 108 cm³/mol. The van der Waals surface area contributed by atoms with Gasteiger partial charge in [0.15, 0.2) is 5.82 Å². The largest absolute Gasteiger partial charge is 0.491 e. The molecule has 3 aromatic rings. The van der Waals surface area contributed by atoms with Crippen molar-refractivity contribution in [3.8, 4) is 5.75 Å². The Bertz CT molecular complexity index is 837. The molecule has 6 heteroatoms. The van der Waals surface area contributed by atoms with Gasteiger partial charge in [-0.15, -0.1) is 5.10 Å². The van der Waals surface area contributed by atoms with E-state index in [4.69, 9.17) is 4.74 Å². The molecule has 0 aliphatic carbocycles. The molecule has 0 aliphatic rings. The Hall–Kier alpha value is -3.15. The van der Waals surface area contributed by atoms with Crippen molar-refractivity contribution in [3.63, 3.8) is 0 Å². The van der Waals surface area contributed by atoms with Crippen LogP contribution in [-0.2, 0) is 6.54 Å². The van der Waals surface area contributed by atoms with Crippen molar-refractivity contribution < 1.29 is 4.74 Å². The second-order valence-corrected chi connectivity index (χ2v) is 6.45. The molecule has 1 N–H and O–H groups in total. The summed E-state index contributed by atoms with van der Waals surface area (Å²) in [5.74, 6) is 2.10. The first-order valence-corrected chi connectivity index (χ1v) is 9.16. The van der Waals surface area contributed by atoms with Crippen LogP contribution in [0.15, 0.2) is 60.8 Å². The van der Waals surface area contributed by atoms with Gasteiger partial charge >= 0.3 is 0 Å². The van der Waals surface area contributed by atoms with Crippen LogP contribution in [0.25, 0.3) is 0 Å². The van der Waals surface area contributed by atoms with E-state index in [2.05, 4.69) is 44.5 Å². The quantitative estimate of drug-likeness (QED) is 0.639. The minimum absolute atomic E-state index is 0.151. The summed E-state index contributed by atoms with van der Waals surface area (Å²) in [5, 5.41) is 11.4. The summed E-state index contributed by atoms with van der Waals surface area (Å²) in [6, 6.07) is 18.0. The Morgan fingerprint density at radius 3 is 2.44 bits per heavy atom. The highest BCUT2D eigenvalue weighted by Crippen LogP contribution is 2.20. The fourth-order valence-corrected chi connectivity index (χ4v) is 2.68. The summed E-state index contributed by atoms with van der Waals surface area (Å²) in [7, 11) is 0. The van der Waals surface area contributed by atoms with E-state index in [0.717, 1.165) is 30.3 Å². The summed E-state index contributed by atoms with van der Waals surface area (Å²) in [4.78, 5) is 6.78. The Morgan fingerprint density at radius 1 is 1.04 bits per heavy atom. The summed E-state index contributed by atoms with van der Waals surface area (Å²) >= 11 is 0. The van der Waals surface area contributed by atoms with E-state index in [-0.39, 0.29) is 6.10 Å². The molecule has 2 aromatic carbocycles. The molecule has 0 saturated carbocycles. The first kappa shape index (κ1) is 18.6. The zero-order chi connectivity index (χ0) is 19.1. The van der Waals surface area contributed by atoms with E-state index >= 15 is 0 Å². The number of rotatable bonds is 8. The minimum atomic E-state index is 0.151. The van der Waals surface area contributed by atoms with Gasteiger partial charge in [-0.25, -0.2) is 0 Å². The Balaban J connectivity index is 1.70. The predicted octanol–water partition coefficient (Wildman–Crippen LogP) is 4.43. The van der Waals surface area contributed by atoms with Crippen molar-refractivity contribution >= 4 is 17.5 Å². The number of nitrogens with zero attached hydrogens (tertiary/aromatic N) is 4. The third kappa shape index (κ3) is 5.41. The van der Waals surface area contributed by atoms with Crippen LogP contribution in [0.4, 0.5) is 17.5 Å². The Morgan fingerprint density at radius 2 is 1.78 bits per heavy atom. The number of ether oxygens (including phenoxy) is 1. The van der Waals surface area contributed by atoms with E-state index in [1.165, 1.54) is 5.56 Å². The van der Waals surface area contributed by atoms with Crippen molar-refractivity contribution in [2.75, 3.05) is 16.8 Å². The average Bonchev–Trinajstić information content (AvgIpc) is 2.68. The maximum absolute atomic E-state index is 5.66. The number of hydrogen-bond donors (Lipinski definition) is 1. The highest BCUT2D eigenvalue weighted by molar-refractivity contribution is 5.55. The van der Waals surface area contributed by atoms with Gasteiger partial charge in [0.05, 0.1) is 12.3 Å². The number of nitrogens with one attached hydrogen (secondary N) is 1. The molecule has 6 nitrogen and oxygen atoms in total. The van der Waals surface area contributed by atoms with E-state index in [1.54, 1.807) is 6.20 Å². The summed E-state index contributed by atoms with van der Waals surface area (Å²) in [6.45, 7) is 7.72. The second kappa shape index (κ2) is 8.98. The van der Waals surface area contributed by atoms with Crippen LogP contribution in [-0.4, -0.2) is 27.8 Å². The molecular formula is C21H25N5O. The van der Waals surface area contributed by atoms with Crippen LogP contribution in [0, 0.1) is 0 Å². The topological polar surface area (TPSA) is 63.2 Å². The third-order valence-corrected chi connectivity index (χ3v) is 3.95. The first-order chi connectivity index (χ1) is 13.1. The smallest absolute Gasteiger partial charge is 0.249 e. The zero-order valence-corrected chi connectivity index (χ0v) is 16.0. The van der Waals surface area contributed by atoms with E-state index in [1.807, 2.05) is 56.3 Å². The van der Waals surface area contributed by atoms with Gasteiger partial charge in [-0.05, 0) is 50.6 Å². The molecule has 0 spiro atoms. The van der Waals surface area contributed by atoms with Crippen LogP contribution in [0.5, 0.6) is 5.75 Å². The van der Waals surface area contributed by atoms with Gasteiger partial charge in [0, 0.05) is 18.8 Å². The molecule has 3 rings (SSSR count). The maximum Gasteiger partial charge on any atom is 0.249 e. The van der Waals surface area contributed by atoms with Gasteiger partial charge in [-0.2, -0.15) is 10.1 Å². The molecular weight excluding hydrogens is 338 g/mol. The van der Waals surface area contributed by atoms with Crippen molar-refractivity contribution in [2.45, 2.75) is 33.4 Å². The SMILES string of the molecule is CCN(Cc1ccccc1)c1cnnc(Nc2ccc(OC(C)C)cc2)n1. The summed E-state index contributed by atoms with van der Waals surface area (Å²) in [5.41, 5.74) is 2.12. The molecule has 27 heavy (non-hydrogen) atoms. The maximum atomic E-state index is 5.66. The van der Waals surface area contributed by atoms with Gasteiger partial charge < -0.3 is 15.0 Å². The first-order valence-electron chi connectivity index (χ1n) is 9.16. The monoisotopic (exact) mass is 363 g/mol. The molecule has 1 heterocycles. The van der Waals surface area contributed by atoms with Gasteiger partial charge in [0.25, 0.3) is 0 Å². The lowest BCUT2D eigenvalue weighted by atomic mass is 10.2. The fraction of sp³-hybridized carbons (Fsp3) is 0.286. The standard InChI is InChI=1S/C21H25N5O/c1-4-26(15-17-8-6-5-7-9-17)20-14-22-25-21(24-20)23-18-10-12-19(13-11-18)27-16(2)3/h5-14,16H,4,15H2,1-3H3,(H,23,24,25).